The van der Waals surface area contributed by atoms with Gasteiger partial charge in [0.05, 0.1) is 6.61 Å². The molecule has 17 heavy (non-hydrogen) atoms. The number of hydrogen-bond donors (Lipinski definition) is 1. The van der Waals surface area contributed by atoms with Crippen LogP contribution in [0.2, 0.25) is 5.02 Å². The first-order valence-corrected chi connectivity index (χ1v) is 6.13. The lowest BCUT2D eigenvalue weighted by Crippen LogP contribution is -2.23. The van der Waals surface area contributed by atoms with Crippen LogP contribution in [0.25, 0.3) is 10.9 Å². The second-order valence-corrected chi connectivity index (χ2v) is 4.39. The van der Waals surface area contributed by atoms with Crippen LogP contribution in [0.5, 0.6) is 0 Å². The summed E-state index contributed by atoms with van der Waals surface area (Å²) in [5.74, 6) is 0. The molecule has 0 bridgehead atoms. The first kappa shape index (κ1) is 12.4. The number of halogens is 1. The summed E-state index contributed by atoms with van der Waals surface area (Å²) < 4.78 is 7.19. The van der Waals surface area contributed by atoms with Crippen molar-refractivity contribution in [2.75, 3.05) is 26.8 Å². The van der Waals surface area contributed by atoms with E-state index in [2.05, 4.69) is 22.1 Å². The third-order valence-electron chi connectivity index (χ3n) is 2.75. The molecule has 1 heterocycles. The van der Waals surface area contributed by atoms with Crippen LogP contribution in [0.15, 0.2) is 30.5 Å². The Morgan fingerprint density at radius 3 is 3.00 bits per heavy atom. The number of benzene rings is 1. The number of nitrogens with one attached hydrogen (secondary N) is 1. The zero-order valence-corrected chi connectivity index (χ0v) is 10.7. The van der Waals surface area contributed by atoms with Crippen molar-refractivity contribution in [2.45, 2.75) is 6.54 Å². The Kier molecular flexibility index (Phi) is 4.42. The van der Waals surface area contributed by atoms with Crippen LogP contribution < -0.4 is 5.32 Å². The van der Waals surface area contributed by atoms with Gasteiger partial charge in [0.25, 0.3) is 0 Å². The van der Waals surface area contributed by atoms with E-state index in [-0.39, 0.29) is 0 Å². The highest BCUT2D eigenvalue weighted by Crippen LogP contribution is 2.20. The number of nitrogens with zero attached hydrogens (tertiary/aromatic N) is 1. The maximum atomic E-state index is 6.00. The van der Waals surface area contributed by atoms with Gasteiger partial charge in [-0.1, -0.05) is 17.7 Å². The first-order valence-electron chi connectivity index (χ1n) is 5.75. The van der Waals surface area contributed by atoms with Gasteiger partial charge in [-0.25, -0.2) is 0 Å². The van der Waals surface area contributed by atoms with E-state index in [0.29, 0.717) is 0 Å². The quantitative estimate of drug-likeness (QED) is 0.800. The molecule has 4 heteroatoms. The van der Waals surface area contributed by atoms with Crippen LogP contribution in [0.3, 0.4) is 0 Å². The normalized spacial score (nSPS) is 11.2. The molecule has 0 spiro atoms. The average molecular weight is 253 g/mol. The van der Waals surface area contributed by atoms with Crippen molar-refractivity contribution in [3.05, 3.63) is 35.5 Å². The fourth-order valence-corrected chi connectivity index (χ4v) is 2.02. The summed E-state index contributed by atoms with van der Waals surface area (Å²) in [6.07, 6.45) is 2.10. The Morgan fingerprint density at radius 1 is 1.29 bits per heavy atom. The highest BCUT2D eigenvalue weighted by atomic mass is 35.5. The van der Waals surface area contributed by atoms with Crippen molar-refractivity contribution >= 4 is 22.5 Å². The smallest absolute Gasteiger partial charge is 0.0587 e. The van der Waals surface area contributed by atoms with Gasteiger partial charge in [0, 0.05) is 43.5 Å². The minimum atomic E-state index is 0.748. The van der Waals surface area contributed by atoms with Gasteiger partial charge in [-0.15, -0.1) is 0 Å². The van der Waals surface area contributed by atoms with E-state index in [4.69, 9.17) is 16.3 Å². The Labute approximate surface area is 106 Å². The largest absolute Gasteiger partial charge is 0.383 e. The van der Waals surface area contributed by atoms with Crippen molar-refractivity contribution < 1.29 is 4.74 Å². The number of rotatable bonds is 6. The summed E-state index contributed by atoms with van der Waals surface area (Å²) in [6.45, 7) is 3.50. The predicted octanol–water partition coefficient (Wildman–Crippen LogP) is 2.53. The summed E-state index contributed by atoms with van der Waals surface area (Å²) in [7, 11) is 1.71. The summed E-state index contributed by atoms with van der Waals surface area (Å²) in [4.78, 5) is 0. The first-order chi connectivity index (χ1) is 8.31. The van der Waals surface area contributed by atoms with Crippen LogP contribution in [0.1, 0.15) is 0 Å². The average Bonchev–Trinajstić information content (AvgIpc) is 2.72. The Bertz CT molecular complexity index is 481. The van der Waals surface area contributed by atoms with E-state index < -0.39 is 0 Å². The lowest BCUT2D eigenvalue weighted by molar-refractivity contribution is 0.199. The van der Waals surface area contributed by atoms with E-state index in [9.17, 15) is 0 Å². The van der Waals surface area contributed by atoms with Crippen molar-refractivity contribution in [1.29, 1.82) is 0 Å². The number of hydrogen-bond acceptors (Lipinski definition) is 2. The second-order valence-electron chi connectivity index (χ2n) is 3.96. The monoisotopic (exact) mass is 252 g/mol. The molecule has 0 atom stereocenters. The molecule has 0 saturated carbocycles. The summed E-state index contributed by atoms with van der Waals surface area (Å²) in [6, 6.07) is 8.09. The van der Waals surface area contributed by atoms with E-state index >= 15 is 0 Å². The van der Waals surface area contributed by atoms with Gasteiger partial charge in [0.1, 0.15) is 0 Å². The molecule has 3 nitrogen and oxygen atoms in total. The van der Waals surface area contributed by atoms with Crippen LogP contribution in [-0.4, -0.2) is 31.4 Å². The van der Waals surface area contributed by atoms with Crippen molar-refractivity contribution in [3.8, 4) is 0 Å². The lowest BCUT2D eigenvalue weighted by atomic mass is 10.2. The van der Waals surface area contributed by atoms with Crippen LogP contribution in [-0.2, 0) is 11.3 Å². The van der Waals surface area contributed by atoms with E-state index in [1.54, 1.807) is 7.11 Å². The molecule has 0 saturated heterocycles. The molecule has 0 unspecified atom stereocenters. The SMILES string of the molecule is COCCNCCn1ccc2ccc(Cl)cc21. The van der Waals surface area contributed by atoms with Gasteiger partial charge in [0.2, 0.25) is 0 Å². The molecular weight excluding hydrogens is 236 g/mol. The molecule has 1 N–H and O–H groups in total. The summed E-state index contributed by atoms with van der Waals surface area (Å²) >= 11 is 6.00. The molecule has 0 radical (unpaired) electrons. The van der Waals surface area contributed by atoms with Crippen LogP contribution in [0, 0.1) is 0 Å². The number of ether oxygens (including phenoxy) is 1. The molecule has 2 aromatic rings. The standard InChI is InChI=1S/C13H17ClN2O/c1-17-9-6-15-5-8-16-7-4-11-2-3-12(14)10-13(11)16/h2-4,7,10,15H,5-6,8-9H2,1H3. The molecule has 1 aromatic heterocycles. The zero-order chi connectivity index (χ0) is 12.1. The van der Waals surface area contributed by atoms with E-state index in [1.165, 1.54) is 10.9 Å². The second kappa shape index (κ2) is 6.05. The molecule has 1 aromatic carbocycles. The molecular formula is C13H17ClN2O. The Balaban J connectivity index is 1.96. The summed E-state index contributed by atoms with van der Waals surface area (Å²) in [5.41, 5.74) is 1.19. The van der Waals surface area contributed by atoms with Crippen molar-refractivity contribution in [1.82, 2.24) is 9.88 Å². The predicted molar refractivity (Wildman–Crippen MR) is 71.7 cm³/mol. The third kappa shape index (κ3) is 3.22. The van der Waals surface area contributed by atoms with Crippen LogP contribution in [0.4, 0.5) is 0 Å². The molecule has 0 amide bonds. The van der Waals surface area contributed by atoms with Gasteiger partial charge < -0.3 is 14.6 Å². The van der Waals surface area contributed by atoms with Gasteiger partial charge >= 0.3 is 0 Å². The number of methoxy groups -OCH3 is 1. The van der Waals surface area contributed by atoms with Gasteiger partial charge in [-0.2, -0.15) is 0 Å². The molecule has 0 aliphatic heterocycles. The minimum Gasteiger partial charge on any atom is -0.383 e. The minimum absolute atomic E-state index is 0.748. The van der Waals surface area contributed by atoms with Gasteiger partial charge in [-0.05, 0) is 23.6 Å². The van der Waals surface area contributed by atoms with Gasteiger partial charge in [-0.3, -0.25) is 0 Å². The Hall–Kier alpha value is -1.03. The van der Waals surface area contributed by atoms with E-state index in [0.717, 1.165) is 31.3 Å². The van der Waals surface area contributed by atoms with Crippen LogP contribution >= 0.6 is 11.6 Å². The highest BCUT2D eigenvalue weighted by molar-refractivity contribution is 6.31. The van der Waals surface area contributed by atoms with Crippen molar-refractivity contribution in [2.24, 2.45) is 0 Å². The summed E-state index contributed by atoms with van der Waals surface area (Å²) in [5, 5.41) is 5.34. The Morgan fingerprint density at radius 2 is 2.18 bits per heavy atom. The van der Waals surface area contributed by atoms with E-state index in [1.807, 2.05) is 18.2 Å². The highest BCUT2D eigenvalue weighted by Gasteiger charge is 2.01. The molecule has 2 rings (SSSR count). The maximum Gasteiger partial charge on any atom is 0.0587 e. The third-order valence-corrected chi connectivity index (χ3v) is 2.98. The van der Waals surface area contributed by atoms with Crippen molar-refractivity contribution in [3.63, 3.8) is 0 Å². The molecule has 92 valence electrons. The number of fused-ring (bicyclic) bond motifs is 1. The maximum absolute atomic E-state index is 6.00. The van der Waals surface area contributed by atoms with Gasteiger partial charge in [0.15, 0.2) is 0 Å². The molecule has 0 aliphatic carbocycles. The topological polar surface area (TPSA) is 26.2 Å². The lowest BCUT2D eigenvalue weighted by Gasteiger charge is -2.07. The molecule has 0 fully saturated rings. The fraction of sp³-hybridized carbons (Fsp3) is 0.385. The zero-order valence-electron chi connectivity index (χ0n) is 9.95. The number of aromatic nitrogens is 1. The fourth-order valence-electron chi connectivity index (χ4n) is 1.85. The molecule has 0 aliphatic rings.